The van der Waals surface area contributed by atoms with Crippen LogP contribution in [0, 0.1) is 0 Å². The van der Waals surface area contributed by atoms with E-state index in [0.29, 0.717) is 23.9 Å². The predicted octanol–water partition coefficient (Wildman–Crippen LogP) is 0.624. The zero-order chi connectivity index (χ0) is 13.1. The molecule has 0 aliphatic heterocycles. The Morgan fingerprint density at radius 3 is 2.44 bits per heavy atom. The van der Waals surface area contributed by atoms with Gasteiger partial charge < -0.3 is 15.1 Å². The van der Waals surface area contributed by atoms with Gasteiger partial charge in [0.15, 0.2) is 0 Å². The van der Waals surface area contributed by atoms with Crippen LogP contribution in [0.1, 0.15) is 18.4 Å². The molecule has 1 aromatic heterocycles. The summed E-state index contributed by atoms with van der Waals surface area (Å²) < 4.78 is 0. The van der Waals surface area contributed by atoms with Gasteiger partial charge in [-0.1, -0.05) is 6.07 Å². The van der Waals surface area contributed by atoms with Gasteiger partial charge in [-0.15, -0.1) is 0 Å². The topological polar surface area (TPSA) is 103 Å². The number of aromatic amines is 2. The lowest BCUT2D eigenvalue weighted by Gasteiger charge is -2.02. The lowest BCUT2D eigenvalue weighted by atomic mass is 10.1. The minimum atomic E-state index is -0.825. The summed E-state index contributed by atoms with van der Waals surface area (Å²) in [6, 6.07) is 5.25. The molecule has 94 valence electrons. The second-order valence-corrected chi connectivity index (χ2v) is 4.04. The monoisotopic (exact) mass is 248 g/mol. The van der Waals surface area contributed by atoms with E-state index < -0.39 is 17.1 Å². The highest BCUT2D eigenvalue weighted by molar-refractivity contribution is 5.74. The van der Waals surface area contributed by atoms with Crippen LogP contribution in [0.4, 0.5) is 0 Å². The third-order valence-electron chi connectivity index (χ3n) is 2.64. The highest BCUT2D eigenvalue weighted by Crippen LogP contribution is 2.11. The van der Waals surface area contributed by atoms with E-state index in [1.807, 2.05) is 0 Å². The zero-order valence-electron chi connectivity index (χ0n) is 9.53. The summed E-state index contributed by atoms with van der Waals surface area (Å²) in [7, 11) is 0. The summed E-state index contributed by atoms with van der Waals surface area (Å²) in [5, 5.41) is 8.54. The molecule has 0 radical (unpaired) electrons. The molecule has 0 unspecified atom stereocenters. The molecule has 1 aromatic carbocycles. The van der Waals surface area contributed by atoms with Crippen molar-refractivity contribution < 1.29 is 9.90 Å². The number of hydrogen-bond donors (Lipinski definition) is 3. The fourth-order valence-corrected chi connectivity index (χ4v) is 1.76. The van der Waals surface area contributed by atoms with E-state index in [4.69, 9.17) is 5.11 Å². The van der Waals surface area contributed by atoms with E-state index in [1.54, 1.807) is 18.2 Å². The number of rotatable bonds is 4. The van der Waals surface area contributed by atoms with Crippen molar-refractivity contribution in [2.24, 2.45) is 0 Å². The largest absolute Gasteiger partial charge is 0.481 e. The van der Waals surface area contributed by atoms with Crippen LogP contribution in [-0.2, 0) is 11.2 Å². The zero-order valence-corrected chi connectivity index (χ0v) is 9.53. The fraction of sp³-hybridized carbons (Fsp3) is 0.250. The van der Waals surface area contributed by atoms with E-state index in [1.165, 1.54) is 0 Å². The van der Waals surface area contributed by atoms with Crippen LogP contribution in [0.25, 0.3) is 11.0 Å². The minimum absolute atomic E-state index is 0.111. The smallest absolute Gasteiger partial charge is 0.314 e. The highest BCUT2D eigenvalue weighted by Gasteiger charge is 2.02. The van der Waals surface area contributed by atoms with E-state index in [2.05, 4.69) is 9.97 Å². The van der Waals surface area contributed by atoms with Gasteiger partial charge in [-0.2, -0.15) is 0 Å². The molecule has 0 bridgehead atoms. The van der Waals surface area contributed by atoms with E-state index >= 15 is 0 Å². The van der Waals surface area contributed by atoms with Gasteiger partial charge in [-0.25, -0.2) is 0 Å². The summed E-state index contributed by atoms with van der Waals surface area (Å²) in [6.45, 7) is 0. The van der Waals surface area contributed by atoms with Crippen molar-refractivity contribution in [2.45, 2.75) is 19.3 Å². The van der Waals surface area contributed by atoms with Crippen LogP contribution in [0.3, 0.4) is 0 Å². The molecule has 0 aliphatic carbocycles. The summed E-state index contributed by atoms with van der Waals surface area (Å²) in [6.07, 6.45) is 1.26. The molecule has 1 heterocycles. The van der Waals surface area contributed by atoms with Crippen molar-refractivity contribution in [1.82, 2.24) is 9.97 Å². The van der Waals surface area contributed by atoms with Gasteiger partial charge in [0.2, 0.25) is 0 Å². The average molecular weight is 248 g/mol. The number of hydrogen-bond acceptors (Lipinski definition) is 3. The summed E-state index contributed by atoms with van der Waals surface area (Å²) in [4.78, 5) is 37.6. The standard InChI is InChI=1S/C12H12N2O4/c15-10(16)3-1-2-7-4-5-8-9(6-7)14-12(18)11(17)13-8/h4-6H,1-3H2,(H,13,17)(H,14,18)(H,15,16). The average Bonchev–Trinajstić information content (AvgIpc) is 2.30. The van der Waals surface area contributed by atoms with Gasteiger partial charge in [-0.3, -0.25) is 14.4 Å². The van der Waals surface area contributed by atoms with Gasteiger partial charge in [0.25, 0.3) is 0 Å². The molecule has 0 atom stereocenters. The number of benzene rings is 1. The van der Waals surface area contributed by atoms with Crippen LogP contribution in [-0.4, -0.2) is 21.0 Å². The van der Waals surface area contributed by atoms with Crippen molar-refractivity contribution in [3.8, 4) is 0 Å². The maximum Gasteiger partial charge on any atom is 0.314 e. The van der Waals surface area contributed by atoms with Crippen molar-refractivity contribution in [3.05, 3.63) is 44.5 Å². The van der Waals surface area contributed by atoms with Crippen molar-refractivity contribution >= 4 is 17.0 Å². The van der Waals surface area contributed by atoms with Gasteiger partial charge >= 0.3 is 17.1 Å². The van der Waals surface area contributed by atoms with Crippen LogP contribution < -0.4 is 11.1 Å². The highest BCUT2D eigenvalue weighted by atomic mass is 16.4. The minimum Gasteiger partial charge on any atom is -0.481 e. The molecule has 3 N–H and O–H groups in total. The summed E-state index contributed by atoms with van der Waals surface area (Å²) in [5.74, 6) is -0.825. The SMILES string of the molecule is O=C(O)CCCc1ccc2[nH]c(=O)c(=O)[nH]c2c1. The molecule has 0 amide bonds. The molecule has 0 aliphatic rings. The molecule has 0 saturated carbocycles. The molecule has 0 saturated heterocycles. The van der Waals surface area contributed by atoms with E-state index in [9.17, 15) is 14.4 Å². The van der Waals surface area contributed by atoms with Crippen molar-refractivity contribution in [3.63, 3.8) is 0 Å². The fourth-order valence-electron chi connectivity index (χ4n) is 1.76. The van der Waals surface area contributed by atoms with Crippen molar-refractivity contribution in [1.29, 1.82) is 0 Å². The molecule has 18 heavy (non-hydrogen) atoms. The quantitative estimate of drug-likeness (QED) is 0.690. The second-order valence-electron chi connectivity index (χ2n) is 4.04. The van der Waals surface area contributed by atoms with Crippen LogP contribution in [0.5, 0.6) is 0 Å². The van der Waals surface area contributed by atoms with Gasteiger partial charge in [0.05, 0.1) is 11.0 Å². The van der Waals surface area contributed by atoms with Crippen LogP contribution >= 0.6 is 0 Å². The Balaban J connectivity index is 2.27. The van der Waals surface area contributed by atoms with E-state index in [0.717, 1.165) is 5.56 Å². The lowest BCUT2D eigenvalue weighted by molar-refractivity contribution is -0.137. The Bertz CT molecular complexity index is 699. The summed E-state index contributed by atoms with van der Waals surface area (Å²) >= 11 is 0. The van der Waals surface area contributed by atoms with Gasteiger partial charge in [0.1, 0.15) is 0 Å². The number of carbonyl (C=O) groups is 1. The Labute approximate surface area is 101 Å². The number of aliphatic carboxylic acids is 1. The maximum absolute atomic E-state index is 11.2. The Hall–Kier alpha value is -2.37. The molecule has 6 heteroatoms. The number of carboxylic acids is 1. The molecule has 2 rings (SSSR count). The summed E-state index contributed by atoms with van der Waals surface area (Å²) in [5.41, 5.74) is 0.659. The number of nitrogens with one attached hydrogen (secondary N) is 2. The van der Waals surface area contributed by atoms with E-state index in [-0.39, 0.29) is 6.42 Å². The molecule has 0 fully saturated rings. The maximum atomic E-state index is 11.2. The van der Waals surface area contributed by atoms with Gasteiger partial charge in [-0.05, 0) is 30.5 Å². The lowest BCUT2D eigenvalue weighted by Crippen LogP contribution is -2.28. The predicted molar refractivity (Wildman–Crippen MR) is 65.8 cm³/mol. The first kappa shape index (κ1) is 12.1. The van der Waals surface area contributed by atoms with Crippen LogP contribution in [0.2, 0.25) is 0 Å². The molecule has 2 aromatic rings. The Morgan fingerprint density at radius 1 is 1.11 bits per heavy atom. The first-order valence-electron chi connectivity index (χ1n) is 5.53. The molecule has 6 nitrogen and oxygen atoms in total. The molecule has 0 spiro atoms. The van der Waals surface area contributed by atoms with Crippen LogP contribution in [0.15, 0.2) is 27.8 Å². The number of H-pyrrole nitrogens is 2. The van der Waals surface area contributed by atoms with Crippen molar-refractivity contribution in [2.75, 3.05) is 0 Å². The van der Waals surface area contributed by atoms with Gasteiger partial charge in [0, 0.05) is 6.42 Å². The first-order chi connectivity index (χ1) is 8.56. The third kappa shape index (κ3) is 2.65. The number of aromatic nitrogens is 2. The number of fused-ring (bicyclic) bond motifs is 1. The number of aryl methyl sites for hydroxylation is 1. The third-order valence-corrected chi connectivity index (χ3v) is 2.64. The molecular formula is C12H12N2O4. The number of carboxylic acid groups (broad SMARTS) is 1. The Morgan fingerprint density at radius 2 is 1.78 bits per heavy atom. The Kier molecular flexibility index (Phi) is 3.27. The normalized spacial score (nSPS) is 10.7. The molecular weight excluding hydrogens is 236 g/mol. The second kappa shape index (κ2) is 4.87. The first-order valence-corrected chi connectivity index (χ1v) is 5.53.